The summed E-state index contributed by atoms with van der Waals surface area (Å²) in [4.78, 5) is 30.3. The van der Waals surface area contributed by atoms with E-state index >= 15 is 0 Å². The maximum atomic E-state index is 14.0. The van der Waals surface area contributed by atoms with E-state index in [0.717, 1.165) is 22.9 Å². The molecule has 0 amide bonds. The van der Waals surface area contributed by atoms with E-state index in [0.29, 0.717) is 40.5 Å². The van der Waals surface area contributed by atoms with Crippen LogP contribution in [0.25, 0.3) is 22.3 Å². The van der Waals surface area contributed by atoms with E-state index in [4.69, 9.17) is 9.72 Å². The topological polar surface area (TPSA) is 81.4 Å². The first-order valence-corrected chi connectivity index (χ1v) is 11.0. The van der Waals surface area contributed by atoms with Crippen LogP contribution in [0.15, 0.2) is 29.1 Å². The van der Waals surface area contributed by atoms with Crippen molar-refractivity contribution in [3.63, 3.8) is 0 Å². The van der Waals surface area contributed by atoms with Gasteiger partial charge in [0, 0.05) is 17.0 Å². The number of pyridine rings is 2. The van der Waals surface area contributed by atoms with E-state index < -0.39 is 11.6 Å². The molecule has 2 aromatic heterocycles. The van der Waals surface area contributed by atoms with Gasteiger partial charge in [0.05, 0.1) is 35.4 Å². The van der Waals surface area contributed by atoms with Crippen molar-refractivity contribution < 1.29 is 19.0 Å². The van der Waals surface area contributed by atoms with Gasteiger partial charge in [-0.15, -0.1) is 0 Å². The molecule has 0 bridgehead atoms. The molecular weight excluding hydrogens is 411 g/mol. The van der Waals surface area contributed by atoms with Gasteiger partial charge < -0.3 is 14.4 Å². The van der Waals surface area contributed by atoms with E-state index in [1.54, 1.807) is 23.6 Å². The summed E-state index contributed by atoms with van der Waals surface area (Å²) in [5.74, 6) is -0.542. The van der Waals surface area contributed by atoms with Gasteiger partial charge in [-0.2, -0.15) is 0 Å². The summed E-state index contributed by atoms with van der Waals surface area (Å²) in [5, 5.41) is 12.1. The summed E-state index contributed by atoms with van der Waals surface area (Å²) >= 11 is 0. The lowest BCUT2D eigenvalue weighted by molar-refractivity contribution is -0.149. The molecule has 1 atom stereocenters. The molecule has 7 heteroatoms. The standard InChI is InChI=1S/C25H25FN2O4/c1-4-25(31)10-22(29)32-12-18-19(25)9-21-23-17(11-28(21)24(18)30)16(7-13(2)3)15-6-5-14(26)8-20(15)27-23/h5-6,8-9,13,31H,4,7,10-12H2,1-3H3/t25-/m1/s1. The van der Waals surface area contributed by atoms with Gasteiger partial charge in [-0.3, -0.25) is 9.59 Å². The number of nitrogens with zero attached hydrogens (tertiary/aromatic N) is 2. The van der Waals surface area contributed by atoms with Crippen molar-refractivity contribution in [3.05, 3.63) is 62.7 Å². The molecule has 2 aliphatic heterocycles. The lowest BCUT2D eigenvalue weighted by atomic mass is 9.85. The summed E-state index contributed by atoms with van der Waals surface area (Å²) in [7, 11) is 0. The average Bonchev–Trinajstić information content (AvgIpc) is 3.04. The number of esters is 1. The molecule has 0 saturated heterocycles. The molecule has 0 saturated carbocycles. The number of benzene rings is 1. The predicted octanol–water partition coefficient (Wildman–Crippen LogP) is 3.81. The van der Waals surface area contributed by atoms with Crippen LogP contribution in [0, 0.1) is 11.7 Å². The fourth-order valence-electron chi connectivity index (χ4n) is 4.98. The zero-order valence-corrected chi connectivity index (χ0v) is 18.4. The number of rotatable bonds is 3. The highest BCUT2D eigenvalue weighted by molar-refractivity contribution is 5.88. The molecule has 0 spiro atoms. The Morgan fingerprint density at radius 3 is 2.75 bits per heavy atom. The van der Waals surface area contributed by atoms with Crippen LogP contribution in [0.2, 0.25) is 0 Å². The number of carbonyl (C=O) groups excluding carboxylic acids is 1. The van der Waals surface area contributed by atoms with Gasteiger partial charge in [0.15, 0.2) is 0 Å². The Balaban J connectivity index is 1.81. The van der Waals surface area contributed by atoms with Gasteiger partial charge in [-0.25, -0.2) is 9.37 Å². The Morgan fingerprint density at radius 2 is 2.03 bits per heavy atom. The highest BCUT2D eigenvalue weighted by Gasteiger charge is 2.39. The summed E-state index contributed by atoms with van der Waals surface area (Å²) in [6.07, 6.45) is 0.826. The number of fused-ring (bicyclic) bond motifs is 5. The third-order valence-corrected chi connectivity index (χ3v) is 6.64. The van der Waals surface area contributed by atoms with Crippen molar-refractivity contribution in [1.29, 1.82) is 0 Å². The molecule has 5 rings (SSSR count). The van der Waals surface area contributed by atoms with E-state index in [2.05, 4.69) is 13.8 Å². The smallest absolute Gasteiger partial charge is 0.309 e. The van der Waals surface area contributed by atoms with Crippen molar-refractivity contribution in [3.8, 4) is 11.4 Å². The highest BCUT2D eigenvalue weighted by atomic mass is 19.1. The van der Waals surface area contributed by atoms with E-state index in [1.807, 2.05) is 0 Å². The Kier molecular flexibility index (Phi) is 4.71. The maximum Gasteiger partial charge on any atom is 0.309 e. The monoisotopic (exact) mass is 436 g/mol. The van der Waals surface area contributed by atoms with E-state index in [1.165, 1.54) is 12.1 Å². The zero-order valence-electron chi connectivity index (χ0n) is 18.4. The van der Waals surface area contributed by atoms with E-state index in [-0.39, 0.29) is 30.8 Å². The van der Waals surface area contributed by atoms with Gasteiger partial charge in [-0.1, -0.05) is 20.8 Å². The van der Waals surface area contributed by atoms with Crippen LogP contribution in [0.4, 0.5) is 4.39 Å². The molecule has 0 fully saturated rings. The summed E-state index contributed by atoms with van der Waals surface area (Å²) in [5.41, 5.74) is 2.73. The van der Waals surface area contributed by atoms with Gasteiger partial charge in [0.1, 0.15) is 18.0 Å². The van der Waals surface area contributed by atoms with Crippen molar-refractivity contribution in [1.82, 2.24) is 9.55 Å². The Labute approximate surface area is 184 Å². The third kappa shape index (κ3) is 3.06. The largest absolute Gasteiger partial charge is 0.460 e. The van der Waals surface area contributed by atoms with Crippen molar-refractivity contribution in [2.75, 3.05) is 0 Å². The van der Waals surface area contributed by atoms with Gasteiger partial charge in [0.25, 0.3) is 5.56 Å². The predicted molar refractivity (Wildman–Crippen MR) is 118 cm³/mol. The molecule has 4 heterocycles. The number of carbonyl (C=O) groups is 1. The second-order valence-electron chi connectivity index (χ2n) is 9.21. The number of cyclic esters (lactones) is 1. The second-order valence-corrected chi connectivity index (χ2v) is 9.21. The third-order valence-electron chi connectivity index (χ3n) is 6.64. The molecule has 2 aliphatic rings. The highest BCUT2D eigenvalue weighted by Crippen LogP contribution is 2.40. The van der Waals surface area contributed by atoms with Crippen LogP contribution in [0.1, 0.15) is 55.9 Å². The molecule has 1 N–H and O–H groups in total. The molecular formula is C25H25FN2O4. The number of halogens is 1. The van der Waals surface area contributed by atoms with Crippen molar-refractivity contribution in [2.24, 2.45) is 5.92 Å². The first kappa shape index (κ1) is 20.8. The van der Waals surface area contributed by atoms with Crippen molar-refractivity contribution >= 4 is 16.9 Å². The molecule has 32 heavy (non-hydrogen) atoms. The lowest BCUT2D eigenvalue weighted by Gasteiger charge is -2.26. The number of ether oxygens (including phenoxy) is 1. The molecule has 0 radical (unpaired) electrons. The van der Waals surface area contributed by atoms with Crippen LogP contribution >= 0.6 is 0 Å². The average molecular weight is 436 g/mol. The summed E-state index contributed by atoms with van der Waals surface area (Å²) in [6.45, 7) is 6.20. The van der Waals surface area contributed by atoms with E-state index in [9.17, 15) is 19.1 Å². The summed E-state index contributed by atoms with van der Waals surface area (Å²) in [6, 6.07) is 6.38. The van der Waals surface area contributed by atoms with Crippen LogP contribution in [0.3, 0.4) is 0 Å². The van der Waals surface area contributed by atoms with Crippen LogP contribution in [-0.4, -0.2) is 20.6 Å². The normalized spacial score (nSPS) is 19.5. The fraction of sp³-hybridized carbons (Fsp3) is 0.400. The molecule has 166 valence electrons. The molecule has 3 aromatic rings. The van der Waals surface area contributed by atoms with Crippen LogP contribution < -0.4 is 5.56 Å². The number of hydrogen-bond donors (Lipinski definition) is 1. The number of aromatic nitrogens is 2. The molecule has 0 unspecified atom stereocenters. The second kappa shape index (κ2) is 7.24. The number of aliphatic hydroxyl groups is 1. The molecule has 0 aliphatic carbocycles. The zero-order chi connectivity index (χ0) is 22.8. The Hall–Kier alpha value is -3.06. The lowest BCUT2D eigenvalue weighted by Crippen LogP contribution is -2.32. The first-order valence-electron chi connectivity index (χ1n) is 11.0. The minimum Gasteiger partial charge on any atom is -0.460 e. The minimum absolute atomic E-state index is 0.161. The van der Waals surface area contributed by atoms with Gasteiger partial charge in [-0.05, 0) is 48.1 Å². The van der Waals surface area contributed by atoms with Crippen molar-refractivity contribution in [2.45, 2.75) is 58.8 Å². The summed E-state index contributed by atoms with van der Waals surface area (Å²) < 4.78 is 20.9. The van der Waals surface area contributed by atoms with Crippen LogP contribution in [-0.2, 0) is 34.7 Å². The SMILES string of the molecule is CC[C@@]1(O)CC(=O)OCc2c1cc1n(c2=O)Cc2c-1nc1cc(F)ccc1c2CC(C)C. The first-order chi connectivity index (χ1) is 15.2. The molecule has 6 nitrogen and oxygen atoms in total. The van der Waals surface area contributed by atoms with Gasteiger partial charge in [0.2, 0.25) is 0 Å². The minimum atomic E-state index is -1.48. The van der Waals surface area contributed by atoms with Gasteiger partial charge >= 0.3 is 5.97 Å². The fourth-order valence-corrected chi connectivity index (χ4v) is 4.98. The Morgan fingerprint density at radius 1 is 1.25 bits per heavy atom. The quantitative estimate of drug-likeness (QED) is 0.494. The maximum absolute atomic E-state index is 14.0. The number of hydrogen-bond acceptors (Lipinski definition) is 5. The van der Waals surface area contributed by atoms with Crippen LogP contribution in [0.5, 0.6) is 0 Å². The Bertz CT molecular complexity index is 1340. The molecule has 1 aromatic carbocycles.